The number of amides is 1. The fourth-order valence-electron chi connectivity index (χ4n) is 6.77. The number of carbonyl (C=O) groups is 1. The molecule has 4 atom stereocenters. The Balaban J connectivity index is 1.20. The number of rotatable bonds is 7. The number of carbonyl (C=O) groups excluding carboxylic acids is 1. The Bertz CT molecular complexity index is 1570. The minimum absolute atomic E-state index is 0.00736. The summed E-state index contributed by atoms with van der Waals surface area (Å²) in [7, 11) is 0. The van der Waals surface area contributed by atoms with Crippen LogP contribution in [0.4, 0.5) is 33.3 Å². The first-order chi connectivity index (χ1) is 20.6. The Morgan fingerprint density at radius 2 is 1.84 bits per heavy atom. The molecule has 2 N–H and O–H groups in total. The second kappa shape index (κ2) is 10.5. The number of hydrogen-bond acceptors (Lipinski definition) is 6. The lowest BCUT2D eigenvalue weighted by molar-refractivity contribution is -0.181. The molecule has 1 unspecified atom stereocenters. The monoisotopic (exact) mass is 640 g/mol. The van der Waals surface area contributed by atoms with Crippen LogP contribution < -0.4 is 10.2 Å². The van der Waals surface area contributed by atoms with Crippen LogP contribution in [0.3, 0.4) is 0 Å². The lowest BCUT2D eigenvalue weighted by Crippen LogP contribution is -2.48. The Hall–Kier alpha value is -3.03. The van der Waals surface area contributed by atoms with Crippen molar-refractivity contribution in [2.75, 3.05) is 31.1 Å². The lowest BCUT2D eigenvalue weighted by atomic mass is 9.87. The molecule has 0 spiro atoms. The van der Waals surface area contributed by atoms with Gasteiger partial charge in [0.25, 0.3) is 5.92 Å². The Morgan fingerprint density at radius 3 is 2.45 bits per heavy atom. The van der Waals surface area contributed by atoms with Crippen LogP contribution in [-0.2, 0) is 10.2 Å². The number of aliphatic hydroxyl groups is 1. The van der Waals surface area contributed by atoms with E-state index in [9.17, 15) is 23.1 Å². The zero-order chi connectivity index (χ0) is 31.8. The summed E-state index contributed by atoms with van der Waals surface area (Å²) in [5, 5.41) is 16.8. The van der Waals surface area contributed by atoms with Gasteiger partial charge in [0.1, 0.15) is 10.8 Å². The van der Waals surface area contributed by atoms with E-state index in [0.29, 0.717) is 44.6 Å². The number of β-amino-alcohol motifs (C(OH)–C–C–N with tert-alkyl or cyclic N) is 1. The average Bonchev–Trinajstić information content (AvgIpc) is 3.24. The first-order valence-corrected chi connectivity index (χ1v) is 15.1. The average molecular weight is 641 g/mol. The lowest BCUT2D eigenvalue weighted by Gasteiger charge is -2.33. The van der Waals surface area contributed by atoms with Crippen LogP contribution in [0.15, 0.2) is 36.5 Å². The minimum atomic E-state index is -4.64. The summed E-state index contributed by atoms with van der Waals surface area (Å²) in [5.41, 5.74) is -3.44. The van der Waals surface area contributed by atoms with Crippen molar-refractivity contribution in [2.24, 2.45) is 5.41 Å². The molecule has 1 aromatic carbocycles. The van der Waals surface area contributed by atoms with E-state index < -0.39 is 47.4 Å². The SMILES string of the molecule is CCC(O)CN1CCC(NC(=O)[C@]2(C)[C@@H](c3ccc(N4C[C@@](C)(C(F)(F)F)c5c4cnc4cc(Cl)nn54)cc3)C2(F)F)CC1. The van der Waals surface area contributed by atoms with Crippen LogP contribution in [0.25, 0.3) is 5.65 Å². The van der Waals surface area contributed by atoms with Gasteiger partial charge in [-0.15, -0.1) is 0 Å². The summed E-state index contributed by atoms with van der Waals surface area (Å²) in [6, 6.07) is 7.02. The molecule has 1 saturated heterocycles. The Labute approximate surface area is 256 Å². The number of nitrogens with zero attached hydrogens (tertiary/aromatic N) is 5. The van der Waals surface area contributed by atoms with Crippen LogP contribution in [0.2, 0.25) is 5.15 Å². The second-order valence-electron chi connectivity index (χ2n) is 12.6. The van der Waals surface area contributed by atoms with Gasteiger partial charge in [-0.25, -0.2) is 18.3 Å². The van der Waals surface area contributed by atoms with E-state index in [4.69, 9.17) is 11.6 Å². The van der Waals surface area contributed by atoms with Gasteiger partial charge in [-0.1, -0.05) is 30.7 Å². The quantitative estimate of drug-likeness (QED) is 0.335. The molecule has 6 rings (SSSR count). The summed E-state index contributed by atoms with van der Waals surface area (Å²) in [6.45, 7) is 5.62. The third-order valence-electron chi connectivity index (χ3n) is 9.77. The first-order valence-electron chi connectivity index (χ1n) is 14.7. The molecule has 0 bridgehead atoms. The molecule has 1 amide bonds. The number of alkyl halides is 5. The van der Waals surface area contributed by atoms with Crippen LogP contribution in [0.1, 0.15) is 57.2 Å². The van der Waals surface area contributed by atoms with E-state index in [1.165, 1.54) is 48.4 Å². The van der Waals surface area contributed by atoms with Gasteiger partial charge < -0.3 is 20.2 Å². The van der Waals surface area contributed by atoms with Crippen LogP contribution >= 0.6 is 11.6 Å². The fraction of sp³-hybridized carbons (Fsp3) is 0.567. The molecule has 3 aliphatic rings. The zero-order valence-corrected chi connectivity index (χ0v) is 25.3. The van der Waals surface area contributed by atoms with Gasteiger partial charge in [0.05, 0.1) is 29.6 Å². The normalized spacial score (nSPS) is 27.9. The number of aliphatic hydroxyl groups excluding tert-OH is 1. The number of likely N-dealkylation sites (tertiary alicyclic amines) is 1. The Morgan fingerprint density at radius 1 is 1.18 bits per heavy atom. The molecular formula is C30H34ClF5N6O2. The molecule has 14 heteroatoms. The second-order valence-corrected chi connectivity index (χ2v) is 13.0. The largest absolute Gasteiger partial charge is 0.401 e. The van der Waals surface area contributed by atoms with Gasteiger partial charge >= 0.3 is 6.18 Å². The molecule has 4 heterocycles. The van der Waals surface area contributed by atoms with Crippen molar-refractivity contribution in [3.63, 3.8) is 0 Å². The molecule has 1 aliphatic carbocycles. The number of fused-ring (bicyclic) bond motifs is 3. The standard InChI is InChI=1S/C30H34ClF5N6O2/c1-4-20(43)15-40-11-9-18(10-12-40)38-26(44)28(3)24(29(28,32)33)17-5-7-19(8-6-17)41-16-27(2,30(34,35)36)25-21(41)14-37-23-13-22(31)39-42(23)25/h5-8,13-14,18,20,24,43H,4,9-12,15-16H2,1-3H3,(H,38,44)/t20?,24-,27-,28+/m1/s1. The predicted molar refractivity (Wildman–Crippen MR) is 155 cm³/mol. The van der Waals surface area contributed by atoms with Gasteiger partial charge in [0.2, 0.25) is 5.91 Å². The summed E-state index contributed by atoms with van der Waals surface area (Å²) < 4.78 is 75.1. The summed E-state index contributed by atoms with van der Waals surface area (Å²) in [6.07, 6.45) is -1.88. The van der Waals surface area contributed by atoms with Crippen LogP contribution in [0, 0.1) is 5.41 Å². The van der Waals surface area contributed by atoms with Crippen LogP contribution in [-0.4, -0.2) is 80.9 Å². The molecular weight excluding hydrogens is 607 g/mol. The van der Waals surface area contributed by atoms with Crippen molar-refractivity contribution in [3.05, 3.63) is 52.9 Å². The highest BCUT2D eigenvalue weighted by atomic mass is 35.5. The highest BCUT2D eigenvalue weighted by Crippen LogP contribution is 2.71. The number of nitrogens with one attached hydrogen (secondary N) is 1. The molecule has 2 fully saturated rings. The van der Waals surface area contributed by atoms with E-state index in [0.717, 1.165) is 11.4 Å². The molecule has 1 saturated carbocycles. The van der Waals surface area contributed by atoms with Crippen molar-refractivity contribution in [2.45, 2.75) is 75.6 Å². The highest BCUT2D eigenvalue weighted by Gasteiger charge is 2.82. The van der Waals surface area contributed by atoms with E-state index >= 15 is 8.78 Å². The topological polar surface area (TPSA) is 86.0 Å². The smallest absolute Gasteiger partial charge is 0.392 e. The maximum absolute atomic E-state index is 15.3. The van der Waals surface area contributed by atoms with Gasteiger partial charge in [0.15, 0.2) is 10.8 Å². The fourth-order valence-corrected chi connectivity index (χ4v) is 6.94. The highest BCUT2D eigenvalue weighted by molar-refractivity contribution is 6.29. The third kappa shape index (κ3) is 4.73. The molecule has 2 aliphatic heterocycles. The van der Waals surface area contributed by atoms with E-state index in [1.807, 2.05) is 6.92 Å². The Kier molecular flexibility index (Phi) is 7.40. The van der Waals surface area contributed by atoms with Gasteiger partial charge in [0, 0.05) is 44.0 Å². The van der Waals surface area contributed by atoms with E-state index in [2.05, 4.69) is 20.3 Å². The molecule has 0 radical (unpaired) electrons. The van der Waals surface area contributed by atoms with Crippen molar-refractivity contribution >= 4 is 34.5 Å². The van der Waals surface area contributed by atoms with E-state index in [1.54, 1.807) is 0 Å². The third-order valence-corrected chi connectivity index (χ3v) is 9.95. The maximum atomic E-state index is 15.3. The molecule has 8 nitrogen and oxygen atoms in total. The number of anilines is 2. The van der Waals surface area contributed by atoms with Crippen molar-refractivity contribution < 1.29 is 31.9 Å². The number of benzene rings is 1. The summed E-state index contributed by atoms with van der Waals surface area (Å²) >= 11 is 5.98. The first kappa shape index (κ1) is 31.0. The number of aromatic nitrogens is 3. The molecule has 238 valence electrons. The number of hydrogen-bond donors (Lipinski definition) is 2. The maximum Gasteiger partial charge on any atom is 0.401 e. The zero-order valence-electron chi connectivity index (χ0n) is 24.5. The van der Waals surface area contributed by atoms with Gasteiger partial charge in [-0.05, 0) is 50.8 Å². The van der Waals surface area contributed by atoms with E-state index in [-0.39, 0.29) is 33.8 Å². The number of halogens is 6. The van der Waals surface area contributed by atoms with Crippen molar-refractivity contribution in [1.29, 1.82) is 0 Å². The van der Waals surface area contributed by atoms with Crippen molar-refractivity contribution in [1.82, 2.24) is 24.8 Å². The molecule has 2 aromatic heterocycles. The molecule has 44 heavy (non-hydrogen) atoms. The van der Waals surface area contributed by atoms with Gasteiger partial charge in [-0.2, -0.15) is 18.3 Å². The van der Waals surface area contributed by atoms with Crippen molar-refractivity contribution in [3.8, 4) is 0 Å². The summed E-state index contributed by atoms with van der Waals surface area (Å²) in [4.78, 5) is 21.0. The van der Waals surface area contributed by atoms with Gasteiger partial charge in [-0.3, -0.25) is 4.79 Å². The summed E-state index contributed by atoms with van der Waals surface area (Å²) in [5.74, 6) is -5.39. The minimum Gasteiger partial charge on any atom is -0.392 e. The number of piperidine rings is 1. The predicted octanol–water partition coefficient (Wildman–Crippen LogP) is 5.44. The van der Waals surface area contributed by atoms with Crippen LogP contribution in [0.5, 0.6) is 0 Å². The molecule has 3 aromatic rings.